The molecular weight excluding hydrogens is 401 g/mol. The first-order valence-corrected chi connectivity index (χ1v) is 10.5. The number of para-hydroxylation sites is 1. The average Bonchev–Trinajstić information content (AvgIpc) is 3.12. The molecule has 0 radical (unpaired) electrons. The van der Waals surface area contributed by atoms with Gasteiger partial charge in [-0.25, -0.2) is 4.98 Å². The number of nitrogens with zero attached hydrogens (tertiary/aromatic N) is 2. The molecule has 0 saturated carbocycles. The lowest BCUT2D eigenvalue weighted by molar-refractivity contribution is 0.0945. The SMILES string of the molecule is O=C(NCC1CCN(c2nc3ccccc3s2)CC1)c1cc(Cl)ccc1Cl. The van der Waals surface area contributed by atoms with Gasteiger partial charge >= 0.3 is 0 Å². The standard InChI is InChI=1S/C20H19Cl2N3OS/c21-14-5-6-16(22)15(11-14)19(26)23-12-13-7-9-25(10-8-13)20-24-17-3-1-2-4-18(17)27-20/h1-6,11,13H,7-10,12H2,(H,23,26). The zero-order chi connectivity index (χ0) is 18.8. The Kier molecular flexibility index (Phi) is 5.53. The summed E-state index contributed by atoms with van der Waals surface area (Å²) in [6.45, 7) is 2.56. The van der Waals surface area contributed by atoms with Crippen LogP contribution in [0.1, 0.15) is 23.2 Å². The second-order valence-corrected chi connectivity index (χ2v) is 8.58. The van der Waals surface area contributed by atoms with E-state index in [-0.39, 0.29) is 5.91 Å². The third kappa shape index (κ3) is 4.21. The first-order chi connectivity index (χ1) is 13.1. The van der Waals surface area contributed by atoms with E-state index in [4.69, 9.17) is 28.2 Å². The minimum absolute atomic E-state index is 0.170. The number of piperidine rings is 1. The Hall–Kier alpha value is -1.82. The minimum Gasteiger partial charge on any atom is -0.352 e. The molecule has 0 unspecified atom stereocenters. The summed E-state index contributed by atoms with van der Waals surface area (Å²) in [5.41, 5.74) is 1.49. The van der Waals surface area contributed by atoms with Crippen molar-refractivity contribution in [1.82, 2.24) is 10.3 Å². The molecule has 1 amide bonds. The monoisotopic (exact) mass is 419 g/mol. The molecule has 4 nitrogen and oxygen atoms in total. The fraction of sp³-hybridized carbons (Fsp3) is 0.300. The van der Waals surface area contributed by atoms with Gasteiger partial charge in [-0.15, -0.1) is 0 Å². The highest BCUT2D eigenvalue weighted by Gasteiger charge is 2.22. The van der Waals surface area contributed by atoms with Crippen molar-refractivity contribution in [3.05, 3.63) is 58.1 Å². The van der Waals surface area contributed by atoms with Crippen LogP contribution in [-0.4, -0.2) is 30.5 Å². The molecule has 0 aliphatic carbocycles. The zero-order valence-corrected chi connectivity index (χ0v) is 16.9. The van der Waals surface area contributed by atoms with E-state index in [0.29, 0.717) is 28.1 Å². The van der Waals surface area contributed by atoms with E-state index < -0.39 is 0 Å². The van der Waals surface area contributed by atoms with E-state index >= 15 is 0 Å². The van der Waals surface area contributed by atoms with Crippen molar-refractivity contribution < 1.29 is 4.79 Å². The van der Waals surface area contributed by atoms with Gasteiger partial charge in [-0.3, -0.25) is 4.79 Å². The number of anilines is 1. The summed E-state index contributed by atoms with van der Waals surface area (Å²) in [6.07, 6.45) is 2.05. The number of aromatic nitrogens is 1. The maximum absolute atomic E-state index is 12.4. The van der Waals surface area contributed by atoms with Crippen molar-refractivity contribution in [2.45, 2.75) is 12.8 Å². The topological polar surface area (TPSA) is 45.2 Å². The average molecular weight is 420 g/mol. The van der Waals surface area contributed by atoms with Gasteiger partial charge in [0.2, 0.25) is 0 Å². The Morgan fingerprint density at radius 1 is 1.19 bits per heavy atom. The summed E-state index contributed by atoms with van der Waals surface area (Å²) in [4.78, 5) is 19.5. The molecule has 140 valence electrons. The fourth-order valence-electron chi connectivity index (χ4n) is 3.33. The molecule has 1 fully saturated rings. The number of halogens is 2. The molecular formula is C20H19Cl2N3OS. The molecule has 3 aromatic rings. The summed E-state index contributed by atoms with van der Waals surface area (Å²) in [5.74, 6) is 0.286. The highest BCUT2D eigenvalue weighted by molar-refractivity contribution is 7.22. The normalized spacial score (nSPS) is 15.3. The Morgan fingerprint density at radius 3 is 2.74 bits per heavy atom. The zero-order valence-electron chi connectivity index (χ0n) is 14.6. The number of hydrogen-bond donors (Lipinski definition) is 1. The van der Waals surface area contributed by atoms with Crippen molar-refractivity contribution in [2.75, 3.05) is 24.5 Å². The third-order valence-electron chi connectivity index (χ3n) is 4.89. The second kappa shape index (κ2) is 8.05. The summed E-state index contributed by atoms with van der Waals surface area (Å²) >= 11 is 13.8. The molecule has 1 aliphatic rings. The molecule has 2 heterocycles. The lowest BCUT2D eigenvalue weighted by atomic mass is 9.97. The number of carbonyl (C=O) groups is 1. The first kappa shape index (κ1) is 18.5. The van der Waals surface area contributed by atoms with E-state index in [1.54, 1.807) is 29.5 Å². The minimum atomic E-state index is -0.170. The van der Waals surface area contributed by atoms with Gasteiger partial charge in [0.15, 0.2) is 5.13 Å². The number of benzene rings is 2. The highest BCUT2D eigenvalue weighted by atomic mass is 35.5. The van der Waals surface area contributed by atoms with Gasteiger partial charge < -0.3 is 10.2 Å². The lowest BCUT2D eigenvalue weighted by Crippen LogP contribution is -2.38. The van der Waals surface area contributed by atoms with Crippen molar-refractivity contribution in [1.29, 1.82) is 0 Å². The Balaban J connectivity index is 1.31. The van der Waals surface area contributed by atoms with Crippen LogP contribution in [0.15, 0.2) is 42.5 Å². The Labute approximate surface area is 172 Å². The summed E-state index contributed by atoms with van der Waals surface area (Å²) in [7, 11) is 0. The smallest absolute Gasteiger partial charge is 0.252 e. The maximum atomic E-state index is 12.4. The van der Waals surface area contributed by atoms with Gasteiger partial charge in [0.25, 0.3) is 5.91 Å². The summed E-state index contributed by atoms with van der Waals surface area (Å²) < 4.78 is 1.22. The van der Waals surface area contributed by atoms with Crippen molar-refractivity contribution in [3.63, 3.8) is 0 Å². The number of nitrogens with one attached hydrogen (secondary N) is 1. The molecule has 0 spiro atoms. The van der Waals surface area contributed by atoms with Crippen LogP contribution in [0.25, 0.3) is 10.2 Å². The number of rotatable bonds is 4. The predicted molar refractivity (Wildman–Crippen MR) is 113 cm³/mol. The number of thiazole rings is 1. The first-order valence-electron chi connectivity index (χ1n) is 8.94. The maximum Gasteiger partial charge on any atom is 0.252 e. The summed E-state index contributed by atoms with van der Waals surface area (Å²) in [5, 5.41) is 5.01. The molecule has 2 aromatic carbocycles. The number of amides is 1. The van der Waals surface area contributed by atoms with Crippen LogP contribution in [0.2, 0.25) is 10.0 Å². The molecule has 1 aliphatic heterocycles. The quantitative estimate of drug-likeness (QED) is 0.627. The second-order valence-electron chi connectivity index (χ2n) is 6.73. The van der Waals surface area contributed by atoms with E-state index in [1.807, 2.05) is 12.1 Å². The van der Waals surface area contributed by atoms with E-state index in [2.05, 4.69) is 22.3 Å². The van der Waals surface area contributed by atoms with E-state index in [1.165, 1.54) is 4.70 Å². The molecule has 1 N–H and O–H groups in total. The highest BCUT2D eigenvalue weighted by Crippen LogP contribution is 2.31. The van der Waals surface area contributed by atoms with Crippen LogP contribution < -0.4 is 10.2 Å². The van der Waals surface area contributed by atoms with Gasteiger partial charge in [-0.05, 0) is 49.1 Å². The molecule has 7 heteroatoms. The fourth-order valence-corrected chi connectivity index (χ4v) is 4.72. The van der Waals surface area contributed by atoms with Crippen LogP contribution in [0, 0.1) is 5.92 Å². The van der Waals surface area contributed by atoms with Crippen LogP contribution >= 0.6 is 34.5 Å². The summed E-state index contributed by atoms with van der Waals surface area (Å²) in [6, 6.07) is 13.2. The van der Waals surface area contributed by atoms with Crippen LogP contribution in [-0.2, 0) is 0 Å². The van der Waals surface area contributed by atoms with Gasteiger partial charge in [0.05, 0.1) is 20.8 Å². The van der Waals surface area contributed by atoms with E-state index in [0.717, 1.165) is 36.6 Å². The van der Waals surface area contributed by atoms with E-state index in [9.17, 15) is 4.79 Å². The molecule has 0 bridgehead atoms. The van der Waals surface area contributed by atoms with Crippen LogP contribution in [0.5, 0.6) is 0 Å². The van der Waals surface area contributed by atoms with Gasteiger partial charge in [-0.2, -0.15) is 0 Å². The van der Waals surface area contributed by atoms with Gasteiger partial charge in [0.1, 0.15) is 0 Å². The largest absolute Gasteiger partial charge is 0.352 e. The predicted octanol–water partition coefficient (Wildman–Crippen LogP) is 5.25. The lowest BCUT2D eigenvalue weighted by Gasteiger charge is -2.31. The molecule has 0 atom stereocenters. The van der Waals surface area contributed by atoms with Crippen LogP contribution in [0.3, 0.4) is 0 Å². The molecule has 4 rings (SSSR count). The Bertz CT molecular complexity index is 934. The molecule has 1 aromatic heterocycles. The van der Waals surface area contributed by atoms with Gasteiger partial charge in [-0.1, -0.05) is 46.7 Å². The van der Waals surface area contributed by atoms with Crippen LogP contribution in [0.4, 0.5) is 5.13 Å². The van der Waals surface area contributed by atoms with Crippen molar-refractivity contribution >= 4 is 55.8 Å². The number of hydrogen-bond acceptors (Lipinski definition) is 4. The number of carbonyl (C=O) groups excluding carboxylic acids is 1. The van der Waals surface area contributed by atoms with Gasteiger partial charge in [0, 0.05) is 24.7 Å². The third-order valence-corrected chi connectivity index (χ3v) is 6.55. The Morgan fingerprint density at radius 2 is 1.96 bits per heavy atom. The molecule has 1 saturated heterocycles. The number of fused-ring (bicyclic) bond motifs is 1. The van der Waals surface area contributed by atoms with Crippen molar-refractivity contribution in [3.8, 4) is 0 Å². The molecule has 27 heavy (non-hydrogen) atoms. The van der Waals surface area contributed by atoms with Crippen molar-refractivity contribution in [2.24, 2.45) is 5.92 Å².